The van der Waals surface area contributed by atoms with Gasteiger partial charge in [0.05, 0.1) is 0 Å². The summed E-state index contributed by atoms with van der Waals surface area (Å²) in [7, 11) is 0. The Morgan fingerprint density at radius 2 is 2.36 bits per heavy atom. The van der Waals surface area contributed by atoms with Gasteiger partial charge in [-0.2, -0.15) is 11.8 Å². The molecule has 0 atom stereocenters. The van der Waals surface area contributed by atoms with Crippen molar-refractivity contribution in [2.24, 2.45) is 21.4 Å². The first-order valence-electron chi connectivity index (χ1n) is 4.44. The maximum absolute atomic E-state index is 4.69. The molecule has 0 bridgehead atoms. The van der Waals surface area contributed by atoms with Crippen LogP contribution >= 0.6 is 11.8 Å². The molecule has 0 aliphatic rings. The highest BCUT2D eigenvalue weighted by Gasteiger charge is 1.83. The van der Waals surface area contributed by atoms with Crippen LogP contribution in [0.1, 0.15) is 19.8 Å². The van der Waals surface area contributed by atoms with Crippen LogP contribution in [0.3, 0.4) is 0 Å². The average Bonchev–Trinajstić information content (AvgIpc) is 2.21. The quantitative estimate of drug-likeness (QED) is 0.160. The lowest BCUT2D eigenvalue weighted by atomic mass is 10.4. The van der Waals surface area contributed by atoms with Crippen molar-refractivity contribution in [3.8, 4) is 0 Å². The Labute approximate surface area is 88.3 Å². The molecule has 0 spiro atoms. The van der Waals surface area contributed by atoms with Gasteiger partial charge in [0.2, 0.25) is 0 Å². The maximum atomic E-state index is 4.69. The zero-order valence-corrected chi connectivity index (χ0v) is 9.11. The third-order valence-electron chi connectivity index (χ3n) is 1.24. The van der Waals surface area contributed by atoms with Crippen LogP contribution in [0.25, 0.3) is 5.48 Å². The molecular weight excluding hydrogens is 202 g/mol. The summed E-state index contributed by atoms with van der Waals surface area (Å²) in [6.45, 7) is 2.83. The molecule has 0 aromatic heterocycles. The lowest BCUT2D eigenvalue weighted by molar-refractivity contribution is 0.430. The summed E-state index contributed by atoms with van der Waals surface area (Å²) in [4.78, 5) is 4.65. The highest BCUT2D eigenvalue weighted by atomic mass is 32.2. The predicted octanol–water partition coefficient (Wildman–Crippen LogP) is 2.09. The molecular formula is C7H16N5OS-. The molecule has 7 heteroatoms. The van der Waals surface area contributed by atoms with E-state index in [-0.39, 0.29) is 0 Å². The van der Waals surface area contributed by atoms with Crippen LogP contribution in [-0.2, 0) is 4.84 Å². The van der Waals surface area contributed by atoms with Crippen molar-refractivity contribution < 1.29 is 4.84 Å². The molecule has 0 unspecified atom stereocenters. The van der Waals surface area contributed by atoms with E-state index in [4.69, 9.17) is 5.84 Å². The van der Waals surface area contributed by atoms with Crippen molar-refractivity contribution in [3.05, 3.63) is 5.48 Å². The number of nitrogens with two attached hydrogens (primary N) is 1. The SMILES string of the molecule is CCCCSCC[N-]O/C=N/N=N/N. The third-order valence-corrected chi connectivity index (χ3v) is 2.29. The summed E-state index contributed by atoms with van der Waals surface area (Å²) in [5.41, 5.74) is 3.73. The van der Waals surface area contributed by atoms with E-state index in [1.54, 1.807) is 0 Å². The second-order valence-electron chi connectivity index (χ2n) is 2.35. The average molecular weight is 218 g/mol. The predicted molar refractivity (Wildman–Crippen MR) is 59.1 cm³/mol. The fourth-order valence-electron chi connectivity index (χ4n) is 0.608. The number of unbranched alkanes of at least 4 members (excludes halogenated alkanes) is 1. The van der Waals surface area contributed by atoms with Gasteiger partial charge in [-0.25, -0.2) is 0 Å². The zero-order valence-electron chi connectivity index (χ0n) is 8.30. The molecule has 0 heterocycles. The number of rotatable bonds is 9. The van der Waals surface area contributed by atoms with Crippen molar-refractivity contribution in [1.82, 2.24) is 0 Å². The second-order valence-corrected chi connectivity index (χ2v) is 3.57. The van der Waals surface area contributed by atoms with E-state index in [2.05, 4.69) is 32.8 Å². The molecule has 0 fully saturated rings. The molecule has 0 aromatic rings. The molecule has 0 rings (SSSR count). The van der Waals surface area contributed by atoms with Crippen LogP contribution in [0.2, 0.25) is 0 Å². The normalized spacial score (nSPS) is 11.5. The zero-order chi connectivity index (χ0) is 10.5. The lowest BCUT2D eigenvalue weighted by Crippen LogP contribution is -1.91. The van der Waals surface area contributed by atoms with Crippen molar-refractivity contribution in [2.45, 2.75) is 19.8 Å². The van der Waals surface area contributed by atoms with Gasteiger partial charge in [-0.1, -0.05) is 18.6 Å². The summed E-state index contributed by atoms with van der Waals surface area (Å²) in [5, 5.41) is 9.34. The Morgan fingerprint density at radius 3 is 3.07 bits per heavy atom. The molecule has 0 amide bonds. The summed E-state index contributed by atoms with van der Waals surface area (Å²) in [6.07, 6.45) is 3.58. The summed E-state index contributed by atoms with van der Waals surface area (Å²) in [5.74, 6) is 6.84. The van der Waals surface area contributed by atoms with E-state index < -0.39 is 0 Å². The van der Waals surface area contributed by atoms with Gasteiger partial charge < -0.3 is 16.2 Å². The maximum Gasteiger partial charge on any atom is 0.181 e. The number of hydrogen-bond donors (Lipinski definition) is 1. The Morgan fingerprint density at radius 1 is 1.50 bits per heavy atom. The summed E-state index contributed by atoms with van der Waals surface area (Å²) >= 11 is 1.87. The highest BCUT2D eigenvalue weighted by Crippen LogP contribution is 2.04. The van der Waals surface area contributed by atoms with Crippen molar-refractivity contribution in [3.63, 3.8) is 0 Å². The third kappa shape index (κ3) is 11.2. The number of hydrogen-bond acceptors (Lipinski definition) is 4. The molecule has 0 aliphatic heterocycles. The molecule has 2 N–H and O–H groups in total. The van der Waals surface area contributed by atoms with Crippen LogP contribution in [0.5, 0.6) is 0 Å². The van der Waals surface area contributed by atoms with Crippen LogP contribution < -0.4 is 5.84 Å². The van der Waals surface area contributed by atoms with Crippen LogP contribution in [0.4, 0.5) is 0 Å². The fraction of sp³-hybridized carbons (Fsp3) is 0.857. The largest absolute Gasteiger partial charge is 0.578 e. The van der Waals surface area contributed by atoms with E-state index in [1.807, 2.05) is 11.8 Å². The van der Waals surface area contributed by atoms with Crippen molar-refractivity contribution in [2.75, 3.05) is 18.1 Å². The van der Waals surface area contributed by atoms with Crippen LogP contribution in [-0.4, -0.2) is 24.5 Å². The Balaban J connectivity index is 2.98. The summed E-state index contributed by atoms with van der Waals surface area (Å²) < 4.78 is 0. The highest BCUT2D eigenvalue weighted by molar-refractivity contribution is 7.99. The number of nitrogens with zero attached hydrogens (tertiary/aromatic N) is 4. The molecule has 0 radical (unpaired) electrons. The van der Waals surface area contributed by atoms with Gasteiger partial charge in [0.1, 0.15) is 0 Å². The molecule has 0 saturated carbocycles. The lowest BCUT2D eigenvalue weighted by Gasteiger charge is -2.16. The minimum Gasteiger partial charge on any atom is -0.578 e. The van der Waals surface area contributed by atoms with E-state index in [0.717, 1.165) is 12.2 Å². The van der Waals surface area contributed by atoms with E-state index in [9.17, 15) is 0 Å². The summed E-state index contributed by atoms with van der Waals surface area (Å²) in [6, 6.07) is 0. The monoisotopic (exact) mass is 218 g/mol. The number of hydroxylamine groups is 1. The molecule has 0 aromatic carbocycles. The molecule has 6 nitrogen and oxygen atoms in total. The minimum atomic E-state index is 0.653. The van der Waals surface area contributed by atoms with Gasteiger partial charge in [0, 0.05) is 0 Å². The minimum absolute atomic E-state index is 0.653. The molecule has 82 valence electrons. The van der Waals surface area contributed by atoms with E-state index >= 15 is 0 Å². The molecule has 0 saturated heterocycles. The topological polar surface area (TPSA) is 86.4 Å². The van der Waals surface area contributed by atoms with Gasteiger partial charge in [-0.3, -0.25) is 0 Å². The van der Waals surface area contributed by atoms with Crippen LogP contribution in [0, 0.1) is 0 Å². The Kier molecular flexibility index (Phi) is 11.5. The first-order valence-corrected chi connectivity index (χ1v) is 5.59. The Hall–Kier alpha value is -0.820. The smallest absolute Gasteiger partial charge is 0.181 e. The number of thioether (sulfide) groups is 1. The molecule has 14 heavy (non-hydrogen) atoms. The standard InChI is InChI=1S/C7H16N5OS/c1-2-3-5-14-6-4-10-13-7-9-12-11-8/h7H,2-6H2,1H3,(H2,8,12)/q-1/b9-7+. The first kappa shape index (κ1) is 13.2. The van der Waals surface area contributed by atoms with Gasteiger partial charge in [0.15, 0.2) is 6.40 Å². The van der Waals surface area contributed by atoms with Gasteiger partial charge >= 0.3 is 0 Å². The van der Waals surface area contributed by atoms with E-state index in [1.165, 1.54) is 18.6 Å². The molecule has 0 aliphatic carbocycles. The van der Waals surface area contributed by atoms with E-state index in [0.29, 0.717) is 6.54 Å². The second kappa shape index (κ2) is 12.2. The van der Waals surface area contributed by atoms with Gasteiger partial charge in [0.25, 0.3) is 0 Å². The van der Waals surface area contributed by atoms with Gasteiger partial charge in [-0.05, 0) is 23.1 Å². The Bertz CT molecular complexity index is 164. The first-order chi connectivity index (χ1) is 6.91. The van der Waals surface area contributed by atoms with Crippen molar-refractivity contribution >= 4 is 18.2 Å². The van der Waals surface area contributed by atoms with Gasteiger partial charge in [-0.15, -0.1) is 11.6 Å². The van der Waals surface area contributed by atoms with Crippen LogP contribution in [0.15, 0.2) is 15.5 Å². The fourth-order valence-corrected chi connectivity index (χ4v) is 1.51. The van der Waals surface area contributed by atoms with Crippen molar-refractivity contribution in [1.29, 1.82) is 0 Å².